The van der Waals surface area contributed by atoms with Crippen LogP contribution >= 0.6 is 0 Å². The minimum absolute atomic E-state index is 0.540. The number of nitrogen functional groups attached to an aromatic ring is 1. The fourth-order valence-electron chi connectivity index (χ4n) is 2.79. The third-order valence-corrected chi connectivity index (χ3v) is 4.20. The maximum atomic E-state index is 5.92. The number of anilines is 1. The number of nitrogens with two attached hydrogens (primary N) is 1. The number of piperidine rings is 1. The zero-order chi connectivity index (χ0) is 13.9. The van der Waals surface area contributed by atoms with Gasteiger partial charge in [0.05, 0.1) is 12.1 Å². The average Bonchev–Trinajstić information content (AvgIpc) is 2.87. The van der Waals surface area contributed by atoms with Crippen LogP contribution in [0.25, 0.3) is 10.9 Å². The molecule has 1 aromatic carbocycles. The topological polar surface area (TPSA) is 67.2 Å². The van der Waals surface area contributed by atoms with Crippen LogP contribution in [0.1, 0.15) is 19.8 Å². The molecule has 1 aliphatic rings. The normalized spacial score (nSPS) is 17.6. The molecule has 1 aromatic heterocycles. The highest BCUT2D eigenvalue weighted by atomic mass is 16.5. The molecule has 0 unspecified atom stereocenters. The van der Waals surface area contributed by atoms with E-state index in [9.17, 15) is 0 Å². The first-order valence-electron chi connectivity index (χ1n) is 7.35. The van der Waals surface area contributed by atoms with E-state index in [2.05, 4.69) is 22.0 Å². The number of fused-ring (bicyclic) bond motifs is 1. The largest absolute Gasteiger partial charge is 0.493 e. The molecule has 2 heterocycles. The van der Waals surface area contributed by atoms with Crippen molar-refractivity contribution >= 4 is 16.7 Å². The molecule has 108 valence electrons. The van der Waals surface area contributed by atoms with E-state index in [0.29, 0.717) is 11.7 Å². The summed E-state index contributed by atoms with van der Waals surface area (Å²) in [6.45, 7) is 6.57. The number of likely N-dealkylation sites (tertiary alicyclic amines) is 1. The molecule has 2 aromatic rings. The third kappa shape index (κ3) is 2.72. The van der Waals surface area contributed by atoms with Crippen molar-refractivity contribution in [2.75, 3.05) is 32.0 Å². The summed E-state index contributed by atoms with van der Waals surface area (Å²) in [6, 6.07) is 5.90. The Morgan fingerprint density at radius 2 is 2.20 bits per heavy atom. The Hall–Kier alpha value is -1.75. The van der Waals surface area contributed by atoms with Gasteiger partial charge in [-0.15, -0.1) is 0 Å². The molecule has 0 spiro atoms. The van der Waals surface area contributed by atoms with E-state index in [1.807, 2.05) is 18.2 Å². The number of hydrogen-bond donors (Lipinski definition) is 2. The Morgan fingerprint density at radius 3 is 2.95 bits per heavy atom. The van der Waals surface area contributed by atoms with Crippen molar-refractivity contribution < 1.29 is 4.74 Å². The van der Waals surface area contributed by atoms with Crippen molar-refractivity contribution in [3.63, 3.8) is 0 Å². The number of nitrogens with one attached hydrogen (secondary N) is 1. The van der Waals surface area contributed by atoms with Crippen molar-refractivity contribution in [1.29, 1.82) is 0 Å². The number of ether oxygens (including phenoxy) is 1. The lowest BCUT2D eigenvalue weighted by Gasteiger charge is -2.30. The number of nitrogens with zero attached hydrogens (tertiary/aromatic N) is 2. The molecule has 1 saturated heterocycles. The van der Waals surface area contributed by atoms with Crippen LogP contribution in [0.3, 0.4) is 0 Å². The molecule has 3 rings (SSSR count). The summed E-state index contributed by atoms with van der Waals surface area (Å²) < 4.78 is 5.92. The van der Waals surface area contributed by atoms with Crippen LogP contribution in [0.2, 0.25) is 0 Å². The standard InChI is InChI=1S/C15H22N4O/c1-2-19-7-5-11(6-8-19)10-20-12-3-4-13-14(9-12)17-18-15(13)16/h3-4,9,11H,2,5-8,10H2,1H3,(H3,16,17,18). The van der Waals surface area contributed by atoms with Crippen molar-refractivity contribution in [2.24, 2.45) is 5.92 Å². The highest BCUT2D eigenvalue weighted by Gasteiger charge is 2.18. The van der Waals surface area contributed by atoms with Gasteiger partial charge in [-0.1, -0.05) is 6.92 Å². The molecule has 0 aliphatic carbocycles. The first-order chi connectivity index (χ1) is 9.76. The zero-order valence-corrected chi connectivity index (χ0v) is 11.9. The van der Waals surface area contributed by atoms with Gasteiger partial charge in [-0.3, -0.25) is 5.10 Å². The van der Waals surface area contributed by atoms with Crippen LogP contribution in [0.5, 0.6) is 5.75 Å². The second-order valence-corrected chi connectivity index (χ2v) is 5.50. The molecular formula is C15H22N4O. The molecule has 5 nitrogen and oxygen atoms in total. The van der Waals surface area contributed by atoms with E-state index in [1.165, 1.54) is 25.9 Å². The quantitative estimate of drug-likeness (QED) is 0.897. The lowest BCUT2D eigenvalue weighted by molar-refractivity contribution is 0.146. The van der Waals surface area contributed by atoms with E-state index in [4.69, 9.17) is 10.5 Å². The van der Waals surface area contributed by atoms with Gasteiger partial charge in [0.2, 0.25) is 0 Å². The van der Waals surface area contributed by atoms with E-state index in [0.717, 1.165) is 29.8 Å². The van der Waals surface area contributed by atoms with Crippen molar-refractivity contribution in [1.82, 2.24) is 15.1 Å². The van der Waals surface area contributed by atoms with Crippen LogP contribution in [-0.2, 0) is 0 Å². The summed E-state index contributed by atoms with van der Waals surface area (Å²) >= 11 is 0. The Balaban J connectivity index is 1.57. The predicted molar refractivity (Wildman–Crippen MR) is 80.8 cm³/mol. The lowest BCUT2D eigenvalue weighted by atomic mass is 9.98. The van der Waals surface area contributed by atoms with Crippen LogP contribution in [0.15, 0.2) is 18.2 Å². The average molecular weight is 274 g/mol. The SMILES string of the molecule is CCN1CCC(COc2ccc3c(N)n[nH]c3c2)CC1. The highest BCUT2D eigenvalue weighted by molar-refractivity contribution is 5.89. The first-order valence-corrected chi connectivity index (χ1v) is 7.35. The molecule has 5 heteroatoms. The van der Waals surface area contributed by atoms with Gasteiger partial charge in [0.15, 0.2) is 5.82 Å². The maximum Gasteiger partial charge on any atom is 0.153 e. The molecule has 3 N–H and O–H groups in total. The molecule has 0 bridgehead atoms. The monoisotopic (exact) mass is 274 g/mol. The van der Waals surface area contributed by atoms with Crippen molar-refractivity contribution in [2.45, 2.75) is 19.8 Å². The van der Waals surface area contributed by atoms with Crippen LogP contribution in [-0.4, -0.2) is 41.3 Å². The van der Waals surface area contributed by atoms with Gasteiger partial charge >= 0.3 is 0 Å². The van der Waals surface area contributed by atoms with Crippen LogP contribution in [0, 0.1) is 5.92 Å². The van der Waals surface area contributed by atoms with E-state index >= 15 is 0 Å². The Kier molecular flexibility index (Phi) is 3.78. The van der Waals surface area contributed by atoms with E-state index in [-0.39, 0.29) is 0 Å². The smallest absolute Gasteiger partial charge is 0.153 e. The van der Waals surface area contributed by atoms with Crippen LogP contribution < -0.4 is 10.5 Å². The van der Waals surface area contributed by atoms with Gasteiger partial charge in [0.1, 0.15) is 5.75 Å². The summed E-state index contributed by atoms with van der Waals surface area (Å²) in [7, 11) is 0. The molecule has 1 aliphatic heterocycles. The zero-order valence-electron chi connectivity index (χ0n) is 11.9. The molecular weight excluding hydrogens is 252 g/mol. The first kappa shape index (κ1) is 13.2. The number of rotatable bonds is 4. The minimum atomic E-state index is 0.540. The highest BCUT2D eigenvalue weighted by Crippen LogP contribution is 2.24. The second kappa shape index (κ2) is 5.71. The second-order valence-electron chi connectivity index (χ2n) is 5.50. The lowest BCUT2D eigenvalue weighted by Crippen LogP contribution is -2.35. The fourth-order valence-corrected chi connectivity index (χ4v) is 2.79. The number of aromatic nitrogens is 2. The van der Waals surface area contributed by atoms with Gasteiger partial charge in [0, 0.05) is 11.5 Å². The summed E-state index contributed by atoms with van der Waals surface area (Å²) in [6.07, 6.45) is 2.46. The number of aromatic amines is 1. The Bertz CT molecular complexity index is 572. The minimum Gasteiger partial charge on any atom is -0.493 e. The fraction of sp³-hybridized carbons (Fsp3) is 0.533. The van der Waals surface area contributed by atoms with Gasteiger partial charge in [-0.25, -0.2) is 0 Å². The molecule has 0 saturated carbocycles. The van der Waals surface area contributed by atoms with Gasteiger partial charge in [0.25, 0.3) is 0 Å². The summed E-state index contributed by atoms with van der Waals surface area (Å²) in [5, 5.41) is 7.87. The van der Waals surface area contributed by atoms with Gasteiger partial charge in [-0.2, -0.15) is 5.10 Å². The van der Waals surface area contributed by atoms with Gasteiger partial charge in [-0.05, 0) is 50.5 Å². The Morgan fingerprint density at radius 1 is 1.40 bits per heavy atom. The number of H-pyrrole nitrogens is 1. The predicted octanol–water partition coefficient (Wildman–Crippen LogP) is 2.26. The van der Waals surface area contributed by atoms with Crippen molar-refractivity contribution in [3.05, 3.63) is 18.2 Å². The maximum absolute atomic E-state index is 5.92. The molecule has 0 amide bonds. The van der Waals surface area contributed by atoms with Crippen LogP contribution in [0.4, 0.5) is 5.82 Å². The van der Waals surface area contributed by atoms with E-state index < -0.39 is 0 Å². The molecule has 20 heavy (non-hydrogen) atoms. The summed E-state index contributed by atoms with van der Waals surface area (Å²) in [5.74, 6) is 2.10. The van der Waals surface area contributed by atoms with Gasteiger partial charge < -0.3 is 15.4 Å². The van der Waals surface area contributed by atoms with E-state index in [1.54, 1.807) is 0 Å². The molecule has 0 atom stereocenters. The molecule has 0 radical (unpaired) electrons. The third-order valence-electron chi connectivity index (χ3n) is 4.20. The summed E-state index contributed by atoms with van der Waals surface area (Å²) in [4.78, 5) is 2.50. The Labute approximate surface area is 119 Å². The van der Waals surface area contributed by atoms with Crippen molar-refractivity contribution in [3.8, 4) is 5.75 Å². The number of benzene rings is 1. The summed E-state index contributed by atoms with van der Waals surface area (Å²) in [5.41, 5.74) is 6.69. The number of hydrogen-bond acceptors (Lipinski definition) is 4. The molecule has 1 fully saturated rings.